The molecule has 1 aliphatic heterocycles. The Morgan fingerprint density at radius 1 is 1.45 bits per heavy atom. The second-order valence-corrected chi connectivity index (χ2v) is 6.70. The number of fused-ring (bicyclic) bond motifs is 1. The van der Waals surface area contributed by atoms with E-state index in [-0.39, 0.29) is 11.5 Å². The highest BCUT2D eigenvalue weighted by molar-refractivity contribution is 8.00. The van der Waals surface area contributed by atoms with Gasteiger partial charge in [-0.25, -0.2) is 4.98 Å². The molecule has 1 aromatic carbocycles. The summed E-state index contributed by atoms with van der Waals surface area (Å²) in [4.78, 5) is 30.6. The summed E-state index contributed by atoms with van der Waals surface area (Å²) in [6, 6.07) is 7.34. The number of hydrogen-bond acceptors (Lipinski definition) is 4. The maximum absolute atomic E-state index is 12.3. The second kappa shape index (κ2) is 5.78. The molecule has 0 bridgehead atoms. The van der Waals surface area contributed by atoms with Gasteiger partial charge in [0.15, 0.2) is 0 Å². The quantitative estimate of drug-likeness (QED) is 0.842. The highest BCUT2D eigenvalue weighted by Crippen LogP contribution is 2.42. The molecule has 3 rings (SSSR count). The predicted molar refractivity (Wildman–Crippen MR) is 84.8 cm³/mol. The summed E-state index contributed by atoms with van der Waals surface area (Å²) in [6.45, 7) is 1.74. The van der Waals surface area contributed by atoms with Crippen molar-refractivity contribution in [3.05, 3.63) is 56.6 Å². The molecule has 114 valence electrons. The van der Waals surface area contributed by atoms with E-state index in [1.54, 1.807) is 13.0 Å². The van der Waals surface area contributed by atoms with E-state index in [9.17, 15) is 14.7 Å². The van der Waals surface area contributed by atoms with Crippen molar-refractivity contribution < 1.29 is 9.90 Å². The van der Waals surface area contributed by atoms with Crippen LogP contribution in [0.15, 0.2) is 34.1 Å². The normalized spacial score (nSPS) is 19.9. The van der Waals surface area contributed by atoms with Gasteiger partial charge in [-0.3, -0.25) is 9.59 Å². The van der Waals surface area contributed by atoms with Crippen LogP contribution in [0.1, 0.15) is 29.8 Å². The van der Waals surface area contributed by atoms with E-state index in [2.05, 4.69) is 9.97 Å². The largest absolute Gasteiger partial charge is 0.480 e. The Balaban J connectivity index is 1.97. The molecule has 0 saturated heterocycles. The first-order valence-corrected chi connectivity index (χ1v) is 7.99. The minimum atomic E-state index is -0.928. The maximum atomic E-state index is 12.3. The highest BCUT2D eigenvalue weighted by atomic mass is 35.5. The number of aromatic amines is 1. The molecule has 2 atom stereocenters. The number of rotatable bonds is 3. The monoisotopic (exact) mass is 336 g/mol. The van der Waals surface area contributed by atoms with Crippen molar-refractivity contribution >= 4 is 29.3 Å². The van der Waals surface area contributed by atoms with Gasteiger partial charge in [0.2, 0.25) is 0 Å². The molecule has 0 amide bonds. The highest BCUT2D eigenvalue weighted by Gasteiger charge is 2.38. The zero-order chi connectivity index (χ0) is 15.9. The number of thioether (sulfide) groups is 1. The first-order chi connectivity index (χ1) is 10.5. The first kappa shape index (κ1) is 15.1. The fourth-order valence-corrected chi connectivity index (χ4v) is 3.99. The summed E-state index contributed by atoms with van der Waals surface area (Å²) in [5, 5.41) is 9.65. The summed E-state index contributed by atoms with van der Waals surface area (Å²) < 4.78 is 0. The number of nitrogens with zero attached hydrogens (tertiary/aromatic N) is 1. The van der Waals surface area contributed by atoms with Crippen LogP contribution in [0.25, 0.3) is 0 Å². The SMILES string of the molecule is CC1c2c(nc(Cc3ccccc3Cl)[nH]c2=O)SC1C(=O)O. The molecule has 0 aliphatic carbocycles. The van der Waals surface area contributed by atoms with E-state index >= 15 is 0 Å². The minimum Gasteiger partial charge on any atom is -0.480 e. The third kappa shape index (κ3) is 2.64. The number of H-pyrrole nitrogens is 1. The number of benzene rings is 1. The lowest BCUT2D eigenvalue weighted by Gasteiger charge is -2.08. The molecule has 2 heterocycles. The number of aromatic nitrogens is 2. The fourth-order valence-electron chi connectivity index (χ4n) is 2.54. The van der Waals surface area contributed by atoms with Crippen LogP contribution in [0.4, 0.5) is 0 Å². The molecule has 22 heavy (non-hydrogen) atoms. The Bertz CT molecular complexity index is 806. The molecule has 7 heteroatoms. The zero-order valence-electron chi connectivity index (χ0n) is 11.7. The summed E-state index contributed by atoms with van der Waals surface area (Å²) in [5.74, 6) is -0.798. The lowest BCUT2D eigenvalue weighted by atomic mass is 10.0. The molecule has 0 saturated carbocycles. The number of carbonyl (C=O) groups is 1. The Morgan fingerprint density at radius 2 is 2.18 bits per heavy atom. The van der Waals surface area contributed by atoms with E-state index in [4.69, 9.17) is 11.6 Å². The van der Waals surface area contributed by atoms with E-state index in [0.29, 0.717) is 27.9 Å². The van der Waals surface area contributed by atoms with Crippen LogP contribution >= 0.6 is 23.4 Å². The molecule has 2 N–H and O–H groups in total. The Kier molecular flexibility index (Phi) is 3.97. The van der Waals surface area contributed by atoms with Crippen LogP contribution in [0.5, 0.6) is 0 Å². The van der Waals surface area contributed by atoms with Crippen molar-refractivity contribution in [2.45, 2.75) is 29.5 Å². The standard InChI is InChI=1S/C15H13ClN2O3S/c1-7-11-13(19)17-10(6-8-4-2-3-5-9(8)16)18-14(11)22-12(7)15(20)21/h2-5,7,12H,6H2,1H3,(H,20,21)(H,17,18,19). The topological polar surface area (TPSA) is 83.0 Å². The number of carboxylic acids is 1. The number of hydrogen-bond donors (Lipinski definition) is 2. The van der Waals surface area contributed by atoms with Gasteiger partial charge in [0.25, 0.3) is 5.56 Å². The molecule has 2 aromatic rings. The van der Waals surface area contributed by atoms with Gasteiger partial charge in [0.1, 0.15) is 16.1 Å². The van der Waals surface area contributed by atoms with Gasteiger partial charge in [-0.2, -0.15) is 0 Å². The molecule has 0 spiro atoms. The van der Waals surface area contributed by atoms with Crippen molar-refractivity contribution in [3.8, 4) is 0 Å². The van der Waals surface area contributed by atoms with E-state index in [1.165, 1.54) is 0 Å². The Morgan fingerprint density at radius 3 is 2.86 bits per heavy atom. The molecule has 0 radical (unpaired) electrons. The van der Waals surface area contributed by atoms with Gasteiger partial charge in [-0.15, -0.1) is 0 Å². The van der Waals surface area contributed by atoms with Gasteiger partial charge in [-0.05, 0) is 11.6 Å². The predicted octanol–water partition coefficient (Wildman–Crippen LogP) is 2.68. The number of halogens is 1. The van der Waals surface area contributed by atoms with Crippen LogP contribution in [0, 0.1) is 0 Å². The van der Waals surface area contributed by atoms with E-state index in [1.807, 2.05) is 18.2 Å². The van der Waals surface area contributed by atoms with E-state index in [0.717, 1.165) is 17.3 Å². The average molecular weight is 337 g/mol. The van der Waals surface area contributed by atoms with Crippen LogP contribution in [0.2, 0.25) is 5.02 Å². The zero-order valence-corrected chi connectivity index (χ0v) is 13.2. The molecular weight excluding hydrogens is 324 g/mol. The van der Waals surface area contributed by atoms with Crippen LogP contribution < -0.4 is 5.56 Å². The molecule has 2 unspecified atom stereocenters. The molecule has 1 aliphatic rings. The second-order valence-electron chi connectivity index (χ2n) is 5.16. The van der Waals surface area contributed by atoms with Gasteiger partial charge >= 0.3 is 5.97 Å². The van der Waals surface area contributed by atoms with Gasteiger partial charge in [-0.1, -0.05) is 48.5 Å². The van der Waals surface area contributed by atoms with E-state index < -0.39 is 11.2 Å². The first-order valence-electron chi connectivity index (χ1n) is 6.73. The van der Waals surface area contributed by atoms with Crippen molar-refractivity contribution in [2.75, 3.05) is 0 Å². The smallest absolute Gasteiger partial charge is 0.317 e. The van der Waals surface area contributed by atoms with Crippen LogP contribution in [-0.2, 0) is 11.2 Å². The van der Waals surface area contributed by atoms with Crippen molar-refractivity contribution in [3.63, 3.8) is 0 Å². The van der Waals surface area contributed by atoms with Gasteiger partial charge in [0, 0.05) is 17.4 Å². The lowest BCUT2D eigenvalue weighted by Crippen LogP contribution is -2.23. The van der Waals surface area contributed by atoms with Crippen LogP contribution in [-0.4, -0.2) is 26.3 Å². The third-order valence-corrected chi connectivity index (χ3v) is 5.44. The number of nitrogens with one attached hydrogen (secondary N) is 1. The van der Waals surface area contributed by atoms with Crippen LogP contribution in [0.3, 0.4) is 0 Å². The van der Waals surface area contributed by atoms with Crippen molar-refractivity contribution in [1.82, 2.24) is 9.97 Å². The third-order valence-electron chi connectivity index (χ3n) is 3.68. The summed E-state index contributed by atoms with van der Waals surface area (Å²) in [6.07, 6.45) is 0.398. The summed E-state index contributed by atoms with van der Waals surface area (Å²) >= 11 is 7.25. The molecule has 0 fully saturated rings. The number of carboxylic acid groups (broad SMARTS) is 1. The molecular formula is C15H13ClN2O3S. The van der Waals surface area contributed by atoms with Gasteiger partial charge < -0.3 is 10.1 Å². The minimum absolute atomic E-state index is 0.268. The van der Waals surface area contributed by atoms with Gasteiger partial charge in [0.05, 0.1) is 5.56 Å². The summed E-state index contributed by atoms with van der Waals surface area (Å²) in [5.41, 5.74) is 1.05. The van der Waals surface area contributed by atoms with Crippen molar-refractivity contribution in [2.24, 2.45) is 0 Å². The lowest BCUT2D eigenvalue weighted by molar-refractivity contribution is -0.136. The average Bonchev–Trinajstić information content (AvgIpc) is 2.79. The molecule has 5 nitrogen and oxygen atoms in total. The number of aliphatic carboxylic acids is 1. The maximum Gasteiger partial charge on any atom is 0.317 e. The molecule has 1 aromatic heterocycles. The fraction of sp³-hybridized carbons (Fsp3) is 0.267. The summed E-state index contributed by atoms with van der Waals surface area (Å²) in [7, 11) is 0. The Labute approximate surface area is 135 Å². The Hall–Kier alpha value is -1.79. The van der Waals surface area contributed by atoms with Crippen molar-refractivity contribution in [1.29, 1.82) is 0 Å².